The van der Waals surface area contributed by atoms with Crippen molar-refractivity contribution in [2.45, 2.75) is 25.4 Å². The van der Waals surface area contributed by atoms with Gasteiger partial charge in [-0.05, 0) is 31.5 Å². The van der Waals surface area contributed by atoms with Crippen LogP contribution in [0.5, 0.6) is 11.5 Å². The fourth-order valence-corrected chi connectivity index (χ4v) is 5.11. The minimum absolute atomic E-state index is 0.0224. The summed E-state index contributed by atoms with van der Waals surface area (Å²) >= 11 is 0. The van der Waals surface area contributed by atoms with Crippen molar-refractivity contribution in [2.75, 3.05) is 20.0 Å². The molecule has 25 heavy (non-hydrogen) atoms. The molecule has 2 heterocycles. The summed E-state index contributed by atoms with van der Waals surface area (Å²) in [7, 11) is -3.98. The molecule has 2 amide bonds. The number of amides is 2. The molecule has 2 aliphatic rings. The number of benzene rings is 1. The van der Waals surface area contributed by atoms with Crippen molar-refractivity contribution < 1.29 is 37.9 Å². The lowest BCUT2D eigenvalue weighted by Crippen LogP contribution is -2.29. The molecule has 0 aromatic heterocycles. The van der Waals surface area contributed by atoms with Crippen LogP contribution in [0.2, 0.25) is 0 Å². The minimum atomic E-state index is -3.98. The predicted molar refractivity (Wildman–Crippen MR) is 83.6 cm³/mol. The summed E-state index contributed by atoms with van der Waals surface area (Å²) in [5.74, 6) is -2.23. The molecule has 10 heteroatoms. The molecule has 1 saturated heterocycles. The molecule has 0 unspecified atom stereocenters. The van der Waals surface area contributed by atoms with E-state index in [1.807, 2.05) is 0 Å². The van der Waals surface area contributed by atoms with Crippen molar-refractivity contribution in [3.8, 4) is 11.5 Å². The van der Waals surface area contributed by atoms with Gasteiger partial charge in [0.15, 0.2) is 17.2 Å². The summed E-state index contributed by atoms with van der Waals surface area (Å²) in [4.78, 5) is 24.8. The number of rotatable bonds is 6. The Morgan fingerprint density at radius 2 is 1.80 bits per heavy atom. The summed E-state index contributed by atoms with van der Waals surface area (Å²) in [6, 6.07) is 4.66. The van der Waals surface area contributed by atoms with Gasteiger partial charge in [-0.2, -0.15) is 5.06 Å². The highest BCUT2D eigenvalue weighted by atomic mass is 31.2. The van der Waals surface area contributed by atoms with Crippen molar-refractivity contribution >= 4 is 19.4 Å². The van der Waals surface area contributed by atoms with E-state index in [9.17, 15) is 19.4 Å². The predicted octanol–water partition coefficient (Wildman–Crippen LogP) is 1.89. The molecule has 136 valence electrons. The monoisotopic (exact) mass is 371 g/mol. The standard InChI is InChI=1S/C15H18NO8P/c1-3-23-25(20,24-4-2)13-12(14(17)16(19)15(13)18)9-5-6-10-11(7-9)22-8-21-10/h5-7,12-13,19H,3-4,8H2,1-2H3/t12-,13-/m1/s1. The topological polar surface area (TPSA) is 112 Å². The first kappa shape index (κ1) is 17.9. The van der Waals surface area contributed by atoms with E-state index >= 15 is 0 Å². The van der Waals surface area contributed by atoms with E-state index in [1.54, 1.807) is 26.0 Å². The number of imide groups is 1. The first-order valence-electron chi connectivity index (χ1n) is 7.78. The zero-order valence-electron chi connectivity index (χ0n) is 13.7. The minimum Gasteiger partial charge on any atom is -0.454 e. The van der Waals surface area contributed by atoms with Crippen LogP contribution in [-0.4, -0.2) is 47.8 Å². The van der Waals surface area contributed by atoms with E-state index in [0.717, 1.165) is 0 Å². The summed E-state index contributed by atoms with van der Waals surface area (Å²) in [5, 5.41) is 9.78. The number of carbonyl (C=O) groups is 2. The third-order valence-corrected chi connectivity index (χ3v) is 6.40. The zero-order chi connectivity index (χ0) is 18.2. The summed E-state index contributed by atoms with van der Waals surface area (Å²) in [6.07, 6.45) is 0. The average molecular weight is 371 g/mol. The van der Waals surface area contributed by atoms with Gasteiger partial charge >= 0.3 is 7.60 Å². The molecule has 0 bridgehead atoms. The Morgan fingerprint density at radius 1 is 1.16 bits per heavy atom. The van der Waals surface area contributed by atoms with E-state index in [0.29, 0.717) is 17.1 Å². The van der Waals surface area contributed by atoms with Gasteiger partial charge in [0.25, 0.3) is 11.8 Å². The molecule has 9 nitrogen and oxygen atoms in total. The molecule has 1 fully saturated rings. The average Bonchev–Trinajstić information content (AvgIpc) is 3.13. The van der Waals surface area contributed by atoms with Crippen molar-refractivity contribution in [2.24, 2.45) is 0 Å². The summed E-state index contributed by atoms with van der Waals surface area (Å²) < 4.78 is 34.1. The van der Waals surface area contributed by atoms with Crippen LogP contribution in [0.3, 0.4) is 0 Å². The zero-order valence-corrected chi connectivity index (χ0v) is 14.6. The Kier molecular flexibility index (Phi) is 4.83. The normalized spacial score (nSPS) is 22.8. The molecule has 0 spiro atoms. The fraction of sp³-hybridized carbons (Fsp3) is 0.467. The van der Waals surface area contributed by atoms with Gasteiger partial charge in [0.2, 0.25) is 6.79 Å². The first-order chi connectivity index (χ1) is 11.9. The highest BCUT2D eigenvalue weighted by Gasteiger charge is 2.58. The van der Waals surface area contributed by atoms with Gasteiger partial charge in [-0.15, -0.1) is 0 Å². The SMILES string of the molecule is CCOP(=O)(OCC)[C@H]1C(=O)N(O)C(=O)[C@@H]1c1ccc2c(c1)OCO2. The molecular formula is C15H18NO8P. The van der Waals surface area contributed by atoms with Crippen molar-refractivity contribution in [1.29, 1.82) is 0 Å². The lowest BCUT2D eigenvalue weighted by Gasteiger charge is -2.24. The third-order valence-electron chi connectivity index (χ3n) is 3.97. The maximum absolute atomic E-state index is 13.1. The molecule has 0 radical (unpaired) electrons. The van der Waals surface area contributed by atoms with Crippen LogP contribution in [-0.2, 0) is 23.2 Å². The molecule has 0 saturated carbocycles. The lowest BCUT2D eigenvalue weighted by molar-refractivity contribution is -0.171. The van der Waals surface area contributed by atoms with Gasteiger partial charge in [-0.3, -0.25) is 19.4 Å². The van der Waals surface area contributed by atoms with Crippen LogP contribution in [0.1, 0.15) is 25.3 Å². The number of hydroxylamine groups is 2. The van der Waals surface area contributed by atoms with Crippen LogP contribution in [0.15, 0.2) is 18.2 Å². The molecule has 1 aromatic rings. The fourth-order valence-electron chi connectivity index (χ4n) is 2.95. The van der Waals surface area contributed by atoms with Crippen molar-refractivity contribution in [3.05, 3.63) is 23.8 Å². The second-order valence-electron chi connectivity index (χ2n) is 5.40. The smallest absolute Gasteiger partial charge is 0.344 e. The van der Waals surface area contributed by atoms with Crippen molar-refractivity contribution in [3.63, 3.8) is 0 Å². The molecular weight excluding hydrogens is 353 g/mol. The summed E-state index contributed by atoms with van der Waals surface area (Å²) in [5.41, 5.74) is -1.12. The molecule has 2 aliphatic heterocycles. The Balaban J connectivity index is 2.06. The highest BCUT2D eigenvalue weighted by Crippen LogP contribution is 2.60. The number of ether oxygens (including phenoxy) is 2. The van der Waals surface area contributed by atoms with E-state index in [2.05, 4.69) is 0 Å². The van der Waals surface area contributed by atoms with Gasteiger partial charge in [0, 0.05) is 0 Å². The second kappa shape index (κ2) is 6.76. The van der Waals surface area contributed by atoms with Gasteiger partial charge in [0.1, 0.15) is 0 Å². The van der Waals surface area contributed by atoms with Crippen LogP contribution in [0, 0.1) is 0 Å². The molecule has 0 aliphatic carbocycles. The highest BCUT2D eigenvalue weighted by molar-refractivity contribution is 7.56. The van der Waals surface area contributed by atoms with Gasteiger partial charge in [-0.1, -0.05) is 6.07 Å². The Hall–Kier alpha value is -1.93. The largest absolute Gasteiger partial charge is 0.454 e. The van der Waals surface area contributed by atoms with E-state index in [4.69, 9.17) is 18.5 Å². The lowest BCUT2D eigenvalue weighted by atomic mass is 9.96. The Bertz CT molecular complexity index is 741. The summed E-state index contributed by atoms with van der Waals surface area (Å²) in [6.45, 7) is 3.28. The number of nitrogens with zero attached hydrogens (tertiary/aromatic N) is 1. The van der Waals surface area contributed by atoms with Crippen LogP contribution in [0.25, 0.3) is 0 Å². The quantitative estimate of drug-likeness (QED) is 0.458. The maximum atomic E-state index is 13.1. The van der Waals surface area contributed by atoms with Crippen molar-refractivity contribution in [1.82, 2.24) is 5.06 Å². The molecule has 1 N–H and O–H groups in total. The van der Waals surface area contributed by atoms with Crippen LogP contribution >= 0.6 is 7.60 Å². The Morgan fingerprint density at radius 3 is 2.44 bits per heavy atom. The number of hydrogen-bond donors (Lipinski definition) is 1. The number of carbonyl (C=O) groups excluding carboxylic acids is 2. The number of hydrogen-bond acceptors (Lipinski definition) is 8. The van der Waals surface area contributed by atoms with Gasteiger partial charge in [0.05, 0.1) is 19.1 Å². The van der Waals surface area contributed by atoms with Gasteiger partial charge < -0.3 is 18.5 Å². The van der Waals surface area contributed by atoms with E-state index in [-0.39, 0.29) is 25.1 Å². The number of fused-ring (bicyclic) bond motifs is 1. The Labute approximate surface area is 143 Å². The maximum Gasteiger partial charge on any atom is 0.344 e. The molecule has 2 atom stereocenters. The van der Waals surface area contributed by atoms with Gasteiger partial charge in [-0.25, -0.2) is 0 Å². The second-order valence-corrected chi connectivity index (χ2v) is 7.55. The first-order valence-corrected chi connectivity index (χ1v) is 9.39. The van der Waals surface area contributed by atoms with E-state index < -0.39 is 31.0 Å². The van der Waals surface area contributed by atoms with Crippen LogP contribution < -0.4 is 9.47 Å². The van der Waals surface area contributed by atoms with E-state index in [1.165, 1.54) is 6.07 Å². The molecule has 3 rings (SSSR count). The van der Waals surface area contributed by atoms with Crippen LogP contribution in [0.4, 0.5) is 0 Å². The third kappa shape index (κ3) is 2.93. The molecule has 1 aromatic carbocycles.